The molecule has 0 spiro atoms. The third kappa shape index (κ3) is 6.28. The van der Waals surface area contributed by atoms with Crippen LogP contribution in [-0.2, 0) is 16.7 Å². The van der Waals surface area contributed by atoms with E-state index in [-0.39, 0.29) is 17.7 Å². The molecule has 5 nitrogen and oxygen atoms in total. The van der Waals surface area contributed by atoms with Crippen LogP contribution in [0, 0.1) is 6.92 Å². The lowest BCUT2D eigenvalue weighted by atomic mass is 10.1. The Balaban J connectivity index is 2.03. The second-order valence-electron chi connectivity index (χ2n) is 5.68. The number of nitrogens with zero attached hydrogens (tertiary/aromatic N) is 1. The predicted molar refractivity (Wildman–Crippen MR) is 96.8 cm³/mol. The van der Waals surface area contributed by atoms with E-state index >= 15 is 0 Å². The monoisotopic (exact) mass is 398 g/mol. The summed E-state index contributed by atoms with van der Waals surface area (Å²) in [7, 11) is 0. The van der Waals surface area contributed by atoms with Crippen molar-refractivity contribution in [1.82, 2.24) is 4.98 Å². The van der Waals surface area contributed by atoms with E-state index in [1.54, 1.807) is 18.2 Å². The normalized spacial score (nSPS) is 11.3. The van der Waals surface area contributed by atoms with Crippen molar-refractivity contribution in [3.63, 3.8) is 0 Å². The smallest absolute Gasteiger partial charge is 0.433 e. The summed E-state index contributed by atoms with van der Waals surface area (Å²) in [6.07, 6.45) is -4.49. The maximum absolute atomic E-state index is 12.7. The number of carboxylic acid groups (broad SMARTS) is 1. The van der Waals surface area contributed by atoms with Gasteiger partial charge in [-0.15, -0.1) is 0 Å². The highest BCUT2D eigenvalue weighted by Gasteiger charge is 2.33. The summed E-state index contributed by atoms with van der Waals surface area (Å²) < 4.78 is 38.0. The summed E-state index contributed by atoms with van der Waals surface area (Å²) in [6, 6.07) is 8.85. The Kier molecular flexibility index (Phi) is 6.84. The van der Waals surface area contributed by atoms with Gasteiger partial charge < -0.3 is 10.4 Å². The van der Waals surface area contributed by atoms with Crippen molar-refractivity contribution in [2.75, 3.05) is 11.1 Å². The van der Waals surface area contributed by atoms with E-state index in [4.69, 9.17) is 5.11 Å². The maximum Gasteiger partial charge on any atom is 0.433 e. The molecule has 0 fully saturated rings. The highest BCUT2D eigenvalue weighted by atomic mass is 32.2. The first-order valence-corrected chi connectivity index (χ1v) is 9.07. The van der Waals surface area contributed by atoms with Gasteiger partial charge in [0.2, 0.25) is 0 Å². The van der Waals surface area contributed by atoms with Crippen LogP contribution in [0.25, 0.3) is 0 Å². The van der Waals surface area contributed by atoms with E-state index in [9.17, 15) is 22.8 Å². The minimum absolute atomic E-state index is 0.0114. The van der Waals surface area contributed by atoms with E-state index in [1.165, 1.54) is 18.7 Å². The summed E-state index contributed by atoms with van der Waals surface area (Å²) >= 11 is 1.45. The lowest BCUT2D eigenvalue weighted by Gasteiger charge is -2.11. The molecule has 0 bridgehead atoms. The Bertz CT molecular complexity index is 841. The van der Waals surface area contributed by atoms with Crippen molar-refractivity contribution in [3.05, 3.63) is 58.9 Å². The van der Waals surface area contributed by atoms with Gasteiger partial charge in [0, 0.05) is 17.2 Å². The average Bonchev–Trinajstić information content (AvgIpc) is 2.58. The maximum atomic E-state index is 12.7. The lowest BCUT2D eigenvalue weighted by molar-refractivity contribution is -0.141. The van der Waals surface area contributed by atoms with E-state index < -0.39 is 23.7 Å². The zero-order chi connectivity index (χ0) is 20.0. The highest BCUT2D eigenvalue weighted by molar-refractivity contribution is 7.98. The van der Waals surface area contributed by atoms with Gasteiger partial charge >= 0.3 is 12.1 Å². The number of carbonyl (C=O) groups excluding carboxylic acids is 1. The Morgan fingerprint density at radius 1 is 1.22 bits per heavy atom. The second kappa shape index (κ2) is 8.90. The van der Waals surface area contributed by atoms with Crippen LogP contribution in [0.3, 0.4) is 0 Å². The summed E-state index contributed by atoms with van der Waals surface area (Å²) in [6.45, 7) is 1.35. The van der Waals surface area contributed by atoms with E-state index in [0.717, 1.165) is 17.7 Å². The van der Waals surface area contributed by atoms with Crippen LogP contribution >= 0.6 is 11.8 Å². The molecule has 1 amide bonds. The molecule has 144 valence electrons. The first kappa shape index (κ1) is 20.8. The Morgan fingerprint density at radius 3 is 2.59 bits per heavy atom. The largest absolute Gasteiger partial charge is 0.481 e. The third-order valence-electron chi connectivity index (χ3n) is 3.53. The molecule has 2 rings (SSSR count). The lowest BCUT2D eigenvalue weighted by Crippen LogP contribution is -2.16. The first-order valence-electron chi connectivity index (χ1n) is 7.91. The molecule has 0 atom stereocenters. The number of benzene rings is 1. The molecule has 0 saturated carbocycles. The average molecular weight is 398 g/mol. The van der Waals surface area contributed by atoms with Gasteiger partial charge in [0.1, 0.15) is 5.69 Å². The summed E-state index contributed by atoms with van der Waals surface area (Å²) in [5, 5.41) is 11.3. The van der Waals surface area contributed by atoms with Gasteiger partial charge in [-0.05, 0) is 36.8 Å². The molecule has 1 heterocycles. The zero-order valence-corrected chi connectivity index (χ0v) is 15.2. The van der Waals surface area contributed by atoms with Crippen LogP contribution in [0.15, 0.2) is 36.4 Å². The molecular formula is C18H17F3N2O3S. The van der Waals surface area contributed by atoms with Crippen molar-refractivity contribution in [1.29, 1.82) is 0 Å². The van der Waals surface area contributed by atoms with Crippen LogP contribution < -0.4 is 5.32 Å². The summed E-state index contributed by atoms with van der Waals surface area (Å²) in [5.74, 6) is -0.353. The van der Waals surface area contributed by atoms with Gasteiger partial charge in [-0.25, -0.2) is 4.98 Å². The summed E-state index contributed by atoms with van der Waals surface area (Å²) in [4.78, 5) is 26.3. The number of aryl methyl sites for hydroxylation is 1. The number of anilines is 1. The number of aliphatic carboxylic acids is 1. The minimum atomic E-state index is -4.56. The van der Waals surface area contributed by atoms with Crippen LogP contribution in [0.1, 0.15) is 33.7 Å². The molecule has 2 aromatic rings. The number of alkyl halides is 3. The molecule has 27 heavy (non-hydrogen) atoms. The van der Waals surface area contributed by atoms with Crippen LogP contribution in [0.4, 0.5) is 18.9 Å². The molecule has 0 aliphatic rings. The fraction of sp³-hybridized carbons (Fsp3) is 0.278. The Morgan fingerprint density at radius 2 is 1.96 bits per heavy atom. The topological polar surface area (TPSA) is 79.3 Å². The summed E-state index contributed by atoms with van der Waals surface area (Å²) in [5.41, 5.74) is 0.393. The fourth-order valence-corrected chi connectivity index (χ4v) is 3.12. The predicted octanol–water partition coefficient (Wildman–Crippen LogP) is 4.37. The minimum Gasteiger partial charge on any atom is -0.481 e. The number of halogens is 3. The molecule has 0 aliphatic carbocycles. The van der Waals surface area contributed by atoms with Crippen LogP contribution in [0.5, 0.6) is 0 Å². The van der Waals surface area contributed by atoms with Gasteiger partial charge in [0.15, 0.2) is 0 Å². The zero-order valence-electron chi connectivity index (χ0n) is 14.3. The van der Waals surface area contributed by atoms with E-state index in [1.807, 2.05) is 6.07 Å². The van der Waals surface area contributed by atoms with Crippen molar-refractivity contribution in [2.45, 2.75) is 25.3 Å². The molecule has 9 heteroatoms. The molecule has 1 aromatic heterocycles. The van der Waals surface area contributed by atoms with E-state index in [0.29, 0.717) is 17.2 Å². The van der Waals surface area contributed by atoms with Crippen molar-refractivity contribution >= 4 is 29.3 Å². The number of amides is 1. The highest BCUT2D eigenvalue weighted by Crippen LogP contribution is 2.28. The molecular weight excluding hydrogens is 381 g/mol. The van der Waals surface area contributed by atoms with Gasteiger partial charge in [0.05, 0.1) is 17.7 Å². The van der Waals surface area contributed by atoms with E-state index in [2.05, 4.69) is 10.3 Å². The number of rotatable bonds is 7. The molecule has 2 N–H and O–H groups in total. The van der Waals surface area contributed by atoms with Crippen molar-refractivity contribution < 1.29 is 27.9 Å². The number of nitrogens with one attached hydrogen (secondary N) is 1. The number of hydrogen-bond donors (Lipinski definition) is 2. The molecule has 1 aromatic carbocycles. The number of hydrogen-bond acceptors (Lipinski definition) is 4. The van der Waals surface area contributed by atoms with Gasteiger partial charge in [-0.3, -0.25) is 9.59 Å². The first-order chi connectivity index (χ1) is 12.7. The Labute approximate surface area is 158 Å². The third-order valence-corrected chi connectivity index (χ3v) is 4.56. The van der Waals surface area contributed by atoms with Crippen molar-refractivity contribution in [2.24, 2.45) is 0 Å². The van der Waals surface area contributed by atoms with Crippen LogP contribution in [-0.4, -0.2) is 27.7 Å². The molecule has 0 aliphatic heterocycles. The number of pyridine rings is 1. The molecule has 0 radical (unpaired) electrons. The van der Waals surface area contributed by atoms with Gasteiger partial charge in [0.25, 0.3) is 5.91 Å². The Hall–Kier alpha value is -2.55. The van der Waals surface area contributed by atoms with Gasteiger partial charge in [-0.1, -0.05) is 12.1 Å². The number of carboxylic acids is 1. The number of carbonyl (C=O) groups is 2. The SMILES string of the molecule is Cc1nc(C(F)(F)F)ccc1C(=O)Nc1cccc(CSCCC(=O)O)c1. The molecule has 0 unspecified atom stereocenters. The molecule has 0 saturated heterocycles. The standard InChI is InChI=1S/C18H17F3N2O3S/c1-11-14(5-6-15(22-11)18(19,20)21)17(26)23-13-4-2-3-12(9-13)10-27-8-7-16(24)25/h2-6,9H,7-8,10H2,1H3,(H,23,26)(H,24,25). The number of thioether (sulfide) groups is 1. The quantitative estimate of drug-likeness (QED) is 0.677. The van der Waals surface area contributed by atoms with Crippen LogP contribution in [0.2, 0.25) is 0 Å². The fourth-order valence-electron chi connectivity index (χ4n) is 2.25. The second-order valence-corrected chi connectivity index (χ2v) is 6.78. The van der Waals surface area contributed by atoms with Crippen molar-refractivity contribution in [3.8, 4) is 0 Å². The van der Waals surface area contributed by atoms with Gasteiger partial charge in [-0.2, -0.15) is 24.9 Å². The number of aromatic nitrogens is 1.